The normalized spacial score (nSPS) is 10.4. The van der Waals surface area contributed by atoms with Crippen LogP contribution in [0.1, 0.15) is 29.4 Å². The first kappa shape index (κ1) is 13.1. The van der Waals surface area contributed by atoms with Gasteiger partial charge >= 0.3 is 5.97 Å². The number of aromatic nitrogens is 1. The predicted octanol–water partition coefficient (Wildman–Crippen LogP) is 1.79. The quantitative estimate of drug-likeness (QED) is 0.820. The molecule has 1 aromatic rings. The summed E-state index contributed by atoms with van der Waals surface area (Å²) in [6.07, 6.45) is -2.83. The maximum absolute atomic E-state index is 12.6. The topological polar surface area (TPSA) is 74.4 Å². The van der Waals surface area contributed by atoms with Gasteiger partial charge in [-0.1, -0.05) is 0 Å². The van der Waals surface area contributed by atoms with Crippen molar-refractivity contribution in [2.75, 3.05) is 19.5 Å². The molecule has 0 atom stereocenters. The van der Waals surface area contributed by atoms with Gasteiger partial charge in [-0.15, -0.1) is 0 Å². The van der Waals surface area contributed by atoms with Crippen molar-refractivity contribution in [3.8, 4) is 5.88 Å². The van der Waals surface area contributed by atoms with Crippen molar-refractivity contribution in [2.24, 2.45) is 0 Å². The van der Waals surface area contributed by atoms with Crippen molar-refractivity contribution in [1.82, 2.24) is 4.98 Å². The number of halogens is 2. The fourth-order valence-corrected chi connectivity index (χ4v) is 1.23. The molecule has 1 rings (SSSR count). The van der Waals surface area contributed by atoms with Gasteiger partial charge in [0.1, 0.15) is 5.56 Å². The molecule has 0 radical (unpaired) electrons. The summed E-state index contributed by atoms with van der Waals surface area (Å²) in [7, 11) is 1.17. The molecule has 0 bridgehead atoms. The minimum atomic E-state index is -2.83. The van der Waals surface area contributed by atoms with Gasteiger partial charge in [0.15, 0.2) is 5.69 Å². The molecule has 5 nitrogen and oxygen atoms in total. The molecule has 2 N–H and O–H groups in total. The van der Waals surface area contributed by atoms with Crippen LogP contribution in [0.3, 0.4) is 0 Å². The van der Waals surface area contributed by atoms with Gasteiger partial charge in [0, 0.05) is 5.69 Å². The van der Waals surface area contributed by atoms with E-state index in [2.05, 4.69) is 14.5 Å². The van der Waals surface area contributed by atoms with Crippen molar-refractivity contribution >= 4 is 11.7 Å². The number of esters is 1. The Morgan fingerprint density at radius 2 is 2.24 bits per heavy atom. The zero-order chi connectivity index (χ0) is 13.0. The molecule has 94 valence electrons. The second kappa shape index (κ2) is 5.42. The third kappa shape index (κ3) is 2.80. The summed E-state index contributed by atoms with van der Waals surface area (Å²) in [6.45, 7) is 1.77. The van der Waals surface area contributed by atoms with E-state index in [0.717, 1.165) is 6.07 Å². The van der Waals surface area contributed by atoms with Crippen molar-refractivity contribution < 1.29 is 23.0 Å². The van der Waals surface area contributed by atoms with E-state index in [1.165, 1.54) is 7.11 Å². The summed E-state index contributed by atoms with van der Waals surface area (Å²) >= 11 is 0. The highest BCUT2D eigenvalue weighted by Crippen LogP contribution is 2.32. The Bertz CT molecular complexity index is 424. The van der Waals surface area contributed by atoms with Crippen LogP contribution in [-0.4, -0.2) is 24.7 Å². The van der Waals surface area contributed by atoms with Gasteiger partial charge in [-0.25, -0.2) is 18.6 Å². The van der Waals surface area contributed by atoms with E-state index in [1.807, 2.05) is 0 Å². The lowest BCUT2D eigenvalue weighted by Gasteiger charge is -2.11. The second-order valence-electron chi connectivity index (χ2n) is 3.04. The molecule has 7 heteroatoms. The van der Waals surface area contributed by atoms with E-state index in [0.29, 0.717) is 0 Å². The Morgan fingerprint density at radius 3 is 2.71 bits per heavy atom. The Kier molecular flexibility index (Phi) is 4.19. The van der Waals surface area contributed by atoms with Crippen molar-refractivity contribution in [3.05, 3.63) is 17.3 Å². The molecule has 0 aliphatic heterocycles. The summed E-state index contributed by atoms with van der Waals surface area (Å²) in [6, 6.07) is 1.04. The molecule has 0 unspecified atom stereocenters. The minimum absolute atomic E-state index is 0.152. The van der Waals surface area contributed by atoms with Gasteiger partial charge in [-0.3, -0.25) is 0 Å². The Labute approximate surface area is 96.5 Å². The van der Waals surface area contributed by atoms with E-state index in [4.69, 9.17) is 5.73 Å². The third-order valence-corrected chi connectivity index (χ3v) is 1.95. The molecule has 0 amide bonds. The molecule has 0 saturated heterocycles. The number of carbonyl (C=O) groups excluding carboxylic acids is 1. The molecule has 0 saturated carbocycles. The molecular weight excluding hydrogens is 234 g/mol. The minimum Gasteiger partial charge on any atom is -0.481 e. The van der Waals surface area contributed by atoms with Crippen molar-refractivity contribution in [3.63, 3.8) is 0 Å². The number of hydrogen-bond donors (Lipinski definition) is 1. The molecule has 1 aromatic heterocycles. The van der Waals surface area contributed by atoms with Gasteiger partial charge in [-0.2, -0.15) is 0 Å². The highest BCUT2D eigenvalue weighted by atomic mass is 19.3. The Morgan fingerprint density at radius 1 is 1.59 bits per heavy atom. The van der Waals surface area contributed by atoms with Gasteiger partial charge in [0.05, 0.1) is 13.7 Å². The number of pyridine rings is 1. The average Bonchev–Trinajstić information content (AvgIpc) is 2.27. The van der Waals surface area contributed by atoms with Crippen molar-refractivity contribution in [1.29, 1.82) is 0 Å². The number of methoxy groups -OCH3 is 1. The van der Waals surface area contributed by atoms with E-state index in [9.17, 15) is 13.6 Å². The summed E-state index contributed by atoms with van der Waals surface area (Å²) in [5.41, 5.74) is 4.48. The van der Waals surface area contributed by atoms with Crippen LogP contribution in [0.2, 0.25) is 0 Å². The smallest absolute Gasteiger partial charge is 0.357 e. The van der Waals surface area contributed by atoms with E-state index in [1.54, 1.807) is 6.92 Å². The number of nitrogens with zero attached hydrogens (tertiary/aromatic N) is 1. The van der Waals surface area contributed by atoms with E-state index < -0.39 is 18.0 Å². The highest BCUT2D eigenvalue weighted by Gasteiger charge is 2.22. The number of ether oxygens (including phenoxy) is 2. The molecule has 0 aliphatic rings. The lowest BCUT2D eigenvalue weighted by atomic mass is 10.2. The predicted molar refractivity (Wildman–Crippen MR) is 56.1 cm³/mol. The van der Waals surface area contributed by atoms with E-state index >= 15 is 0 Å². The van der Waals surface area contributed by atoms with Gasteiger partial charge in [0.25, 0.3) is 6.43 Å². The number of anilines is 1. The van der Waals surface area contributed by atoms with Gasteiger partial charge in [-0.05, 0) is 13.0 Å². The van der Waals surface area contributed by atoms with Crippen LogP contribution in [0.4, 0.5) is 14.5 Å². The van der Waals surface area contributed by atoms with Crippen LogP contribution in [0.5, 0.6) is 5.88 Å². The summed E-state index contributed by atoms with van der Waals surface area (Å²) in [5, 5.41) is 0. The first-order valence-electron chi connectivity index (χ1n) is 4.80. The molecule has 0 fully saturated rings. The Balaban J connectivity index is 3.22. The van der Waals surface area contributed by atoms with E-state index in [-0.39, 0.29) is 23.9 Å². The molecule has 0 aromatic carbocycles. The first-order chi connectivity index (χ1) is 8.01. The van der Waals surface area contributed by atoms with Crippen LogP contribution in [0.25, 0.3) is 0 Å². The molecular formula is C10H12F2N2O3. The zero-order valence-electron chi connectivity index (χ0n) is 9.37. The third-order valence-electron chi connectivity index (χ3n) is 1.95. The molecule has 1 heterocycles. The van der Waals surface area contributed by atoms with Gasteiger partial charge in [0.2, 0.25) is 5.88 Å². The molecule has 17 heavy (non-hydrogen) atoms. The molecule has 0 aliphatic carbocycles. The van der Waals surface area contributed by atoms with Crippen LogP contribution in [-0.2, 0) is 4.74 Å². The fourth-order valence-electron chi connectivity index (χ4n) is 1.23. The monoisotopic (exact) mass is 246 g/mol. The maximum Gasteiger partial charge on any atom is 0.357 e. The average molecular weight is 246 g/mol. The maximum atomic E-state index is 12.6. The SMILES string of the molecule is CCOC(=O)c1cc(N)c(C(F)F)c(OC)n1. The van der Waals surface area contributed by atoms with Gasteiger partial charge < -0.3 is 15.2 Å². The standard InChI is InChI=1S/C10H12F2N2O3/c1-3-17-10(15)6-4-5(13)7(8(11)12)9(14-6)16-2/h4,8H,3H2,1-2H3,(H2,13,14). The number of carbonyl (C=O) groups is 1. The fraction of sp³-hybridized carbons (Fsp3) is 0.400. The highest BCUT2D eigenvalue weighted by molar-refractivity contribution is 5.88. The lowest BCUT2D eigenvalue weighted by Crippen LogP contribution is -2.11. The Hall–Kier alpha value is -1.92. The summed E-state index contributed by atoms with van der Waals surface area (Å²) in [4.78, 5) is 15.0. The summed E-state index contributed by atoms with van der Waals surface area (Å²) in [5.74, 6) is -1.11. The first-order valence-corrected chi connectivity index (χ1v) is 4.80. The number of rotatable bonds is 4. The second-order valence-corrected chi connectivity index (χ2v) is 3.04. The lowest BCUT2D eigenvalue weighted by molar-refractivity contribution is 0.0517. The van der Waals surface area contributed by atoms with Crippen LogP contribution in [0, 0.1) is 0 Å². The van der Waals surface area contributed by atoms with Crippen LogP contribution in [0.15, 0.2) is 6.07 Å². The number of alkyl halides is 2. The molecule has 0 spiro atoms. The largest absolute Gasteiger partial charge is 0.481 e. The van der Waals surface area contributed by atoms with Crippen molar-refractivity contribution in [2.45, 2.75) is 13.3 Å². The number of hydrogen-bond acceptors (Lipinski definition) is 5. The van der Waals surface area contributed by atoms with Crippen LogP contribution < -0.4 is 10.5 Å². The number of nitrogens with two attached hydrogens (primary N) is 1. The zero-order valence-corrected chi connectivity index (χ0v) is 9.37. The summed E-state index contributed by atoms with van der Waals surface area (Å²) < 4.78 is 34.6. The number of nitrogen functional groups attached to an aromatic ring is 1. The van der Waals surface area contributed by atoms with Crippen LogP contribution >= 0.6 is 0 Å².